The first-order valence-corrected chi connectivity index (χ1v) is 6.98. The first-order valence-electron chi connectivity index (χ1n) is 5.86. The van der Waals surface area contributed by atoms with Crippen molar-refractivity contribution in [3.8, 4) is 0 Å². The number of hydrogen-bond donors (Lipinski definition) is 1. The smallest absolute Gasteiger partial charge is 0.0487 e. The monoisotopic (exact) mass is 258 g/mol. The number of hydrogen-bond acceptors (Lipinski definition) is 1. The van der Waals surface area contributed by atoms with Gasteiger partial charge in [-0.1, -0.05) is 15.9 Å². The second kappa shape index (κ2) is 2.98. The van der Waals surface area contributed by atoms with Crippen LogP contribution in [-0.2, 0) is 0 Å². The zero-order chi connectivity index (χ0) is 9.81. The van der Waals surface area contributed by atoms with Crippen LogP contribution >= 0.6 is 15.9 Å². The van der Waals surface area contributed by atoms with Crippen LogP contribution in [0.3, 0.4) is 0 Å². The quantitative estimate of drug-likeness (QED) is 0.756. The SMILES string of the molecule is OCC12C[C@H]3C[C@@H](C1)CC(CBr)(C3)C2. The van der Waals surface area contributed by atoms with Crippen molar-refractivity contribution in [2.45, 2.75) is 38.5 Å². The summed E-state index contributed by atoms with van der Waals surface area (Å²) in [5.74, 6) is 1.86. The van der Waals surface area contributed by atoms with Crippen LogP contribution in [0.15, 0.2) is 0 Å². The summed E-state index contributed by atoms with van der Waals surface area (Å²) in [6, 6.07) is 0. The highest BCUT2D eigenvalue weighted by atomic mass is 79.9. The van der Waals surface area contributed by atoms with E-state index < -0.39 is 0 Å². The molecule has 0 spiro atoms. The van der Waals surface area contributed by atoms with Gasteiger partial charge in [0, 0.05) is 11.9 Å². The largest absolute Gasteiger partial charge is 0.396 e. The molecule has 4 fully saturated rings. The molecule has 1 N–H and O–H groups in total. The van der Waals surface area contributed by atoms with Crippen molar-refractivity contribution in [1.29, 1.82) is 0 Å². The Labute approximate surface area is 94.4 Å². The lowest BCUT2D eigenvalue weighted by atomic mass is 9.45. The molecule has 4 saturated carbocycles. The minimum Gasteiger partial charge on any atom is -0.396 e. The van der Waals surface area contributed by atoms with Crippen LogP contribution in [-0.4, -0.2) is 17.0 Å². The molecule has 2 heteroatoms. The fourth-order valence-corrected chi connectivity index (χ4v) is 5.65. The van der Waals surface area contributed by atoms with Crippen LogP contribution in [0.5, 0.6) is 0 Å². The lowest BCUT2D eigenvalue weighted by Gasteiger charge is -2.61. The molecule has 0 aliphatic heterocycles. The Bertz CT molecular complexity index is 215. The molecule has 4 aliphatic carbocycles. The fraction of sp³-hybridized carbons (Fsp3) is 1.00. The Morgan fingerprint density at radius 3 is 2.14 bits per heavy atom. The summed E-state index contributed by atoms with van der Waals surface area (Å²) in [7, 11) is 0. The van der Waals surface area contributed by atoms with Crippen molar-refractivity contribution >= 4 is 15.9 Å². The van der Waals surface area contributed by atoms with Gasteiger partial charge in [-0.05, 0) is 61.2 Å². The normalized spacial score (nSPS) is 55.3. The van der Waals surface area contributed by atoms with Gasteiger partial charge in [0.25, 0.3) is 0 Å². The average molecular weight is 259 g/mol. The van der Waals surface area contributed by atoms with Gasteiger partial charge in [0.2, 0.25) is 0 Å². The van der Waals surface area contributed by atoms with Crippen LogP contribution in [0, 0.1) is 22.7 Å². The van der Waals surface area contributed by atoms with E-state index in [1.165, 1.54) is 38.5 Å². The molecule has 4 atom stereocenters. The van der Waals surface area contributed by atoms with Crippen LogP contribution in [0.2, 0.25) is 0 Å². The van der Waals surface area contributed by atoms with E-state index in [0.29, 0.717) is 17.4 Å². The zero-order valence-corrected chi connectivity index (χ0v) is 10.2. The van der Waals surface area contributed by atoms with Gasteiger partial charge in [0.1, 0.15) is 0 Å². The van der Waals surface area contributed by atoms with Crippen molar-refractivity contribution in [3.63, 3.8) is 0 Å². The topological polar surface area (TPSA) is 20.2 Å². The molecule has 0 aromatic carbocycles. The van der Waals surface area contributed by atoms with E-state index in [9.17, 15) is 5.11 Å². The van der Waals surface area contributed by atoms with Gasteiger partial charge >= 0.3 is 0 Å². The molecular weight excluding hydrogens is 240 g/mol. The Morgan fingerprint density at radius 1 is 1.07 bits per heavy atom. The molecule has 4 aliphatic rings. The van der Waals surface area contributed by atoms with Gasteiger partial charge in [-0.3, -0.25) is 0 Å². The Hall–Kier alpha value is 0.440. The third kappa shape index (κ3) is 1.23. The molecule has 0 radical (unpaired) electrons. The summed E-state index contributed by atoms with van der Waals surface area (Å²) in [6.45, 7) is 0.439. The molecule has 0 amide bonds. The Morgan fingerprint density at radius 2 is 1.64 bits per heavy atom. The fourth-order valence-electron chi connectivity index (χ4n) is 4.99. The maximum absolute atomic E-state index is 9.63. The van der Waals surface area contributed by atoms with E-state index in [2.05, 4.69) is 15.9 Å². The van der Waals surface area contributed by atoms with Crippen molar-refractivity contribution in [3.05, 3.63) is 0 Å². The van der Waals surface area contributed by atoms with Gasteiger partial charge in [0.15, 0.2) is 0 Å². The van der Waals surface area contributed by atoms with Crippen molar-refractivity contribution in [2.24, 2.45) is 22.7 Å². The number of aliphatic hydroxyl groups is 1. The maximum atomic E-state index is 9.63. The van der Waals surface area contributed by atoms with Crippen LogP contribution in [0.25, 0.3) is 0 Å². The highest BCUT2D eigenvalue weighted by Crippen LogP contribution is 2.65. The number of aliphatic hydroxyl groups excluding tert-OH is 1. The second-order valence-electron chi connectivity index (χ2n) is 6.25. The van der Waals surface area contributed by atoms with E-state index in [1.807, 2.05) is 0 Å². The van der Waals surface area contributed by atoms with Crippen molar-refractivity contribution < 1.29 is 5.11 Å². The van der Waals surface area contributed by atoms with Crippen molar-refractivity contribution in [2.75, 3.05) is 11.9 Å². The first kappa shape index (κ1) is 9.65. The van der Waals surface area contributed by atoms with Crippen LogP contribution in [0.4, 0.5) is 0 Å². The van der Waals surface area contributed by atoms with Crippen molar-refractivity contribution in [1.82, 2.24) is 0 Å². The molecule has 2 unspecified atom stereocenters. The van der Waals surface area contributed by atoms with E-state index in [4.69, 9.17) is 0 Å². The first-order chi connectivity index (χ1) is 6.69. The van der Waals surface area contributed by atoms with E-state index in [-0.39, 0.29) is 0 Å². The summed E-state index contributed by atoms with van der Waals surface area (Å²) in [4.78, 5) is 0. The van der Waals surface area contributed by atoms with Gasteiger partial charge < -0.3 is 5.11 Å². The molecule has 0 saturated heterocycles. The molecule has 4 bridgehead atoms. The summed E-state index contributed by atoms with van der Waals surface area (Å²) in [5.41, 5.74) is 0.894. The lowest BCUT2D eigenvalue weighted by Crippen LogP contribution is -2.53. The second-order valence-corrected chi connectivity index (χ2v) is 6.81. The van der Waals surface area contributed by atoms with Gasteiger partial charge in [-0.2, -0.15) is 0 Å². The predicted octanol–water partition coefficient (Wildman–Crippen LogP) is 2.96. The molecule has 14 heavy (non-hydrogen) atoms. The molecule has 0 aromatic rings. The number of rotatable bonds is 2. The minimum atomic E-state index is 0.331. The van der Waals surface area contributed by atoms with Gasteiger partial charge in [-0.25, -0.2) is 0 Å². The molecule has 0 heterocycles. The standard InChI is InChI=1S/C12H19BrO/c13-7-11-2-9-1-10(3-11)5-12(4-9,6-11)8-14/h9-10,14H,1-8H2/t9-,10+,11?,12?. The average Bonchev–Trinajstić information content (AvgIpc) is 2.16. The molecular formula is C12H19BrO. The van der Waals surface area contributed by atoms with E-state index >= 15 is 0 Å². The zero-order valence-electron chi connectivity index (χ0n) is 8.64. The third-order valence-corrected chi connectivity index (χ3v) is 6.11. The minimum absolute atomic E-state index is 0.331. The highest BCUT2D eigenvalue weighted by molar-refractivity contribution is 9.09. The summed E-state index contributed by atoms with van der Waals surface area (Å²) < 4.78 is 0. The summed E-state index contributed by atoms with van der Waals surface area (Å²) >= 11 is 3.71. The predicted molar refractivity (Wildman–Crippen MR) is 60.4 cm³/mol. The third-order valence-electron chi connectivity index (χ3n) is 4.92. The number of alkyl halides is 1. The molecule has 4 rings (SSSR count). The maximum Gasteiger partial charge on any atom is 0.0487 e. The van der Waals surface area contributed by atoms with E-state index in [1.54, 1.807) is 0 Å². The Kier molecular flexibility index (Phi) is 2.05. The Balaban J connectivity index is 1.94. The lowest BCUT2D eigenvalue weighted by molar-refractivity contribution is -0.119. The summed E-state index contributed by atoms with van der Waals surface area (Å²) in [5, 5.41) is 10.8. The molecule has 80 valence electrons. The van der Waals surface area contributed by atoms with E-state index in [0.717, 1.165) is 17.2 Å². The van der Waals surface area contributed by atoms with Gasteiger partial charge in [-0.15, -0.1) is 0 Å². The van der Waals surface area contributed by atoms with Crippen LogP contribution in [0.1, 0.15) is 38.5 Å². The molecule has 0 aromatic heterocycles. The molecule has 1 nitrogen and oxygen atoms in total. The highest BCUT2D eigenvalue weighted by Gasteiger charge is 2.56. The summed E-state index contributed by atoms with van der Waals surface area (Å²) in [6.07, 6.45) is 8.22. The number of halogens is 1. The van der Waals surface area contributed by atoms with Crippen LogP contribution < -0.4 is 0 Å². The van der Waals surface area contributed by atoms with Gasteiger partial charge in [0.05, 0.1) is 0 Å².